The predicted molar refractivity (Wildman–Crippen MR) is 79.7 cm³/mol. The summed E-state index contributed by atoms with van der Waals surface area (Å²) >= 11 is 0. The Kier molecular flexibility index (Phi) is 5.41. The van der Waals surface area contributed by atoms with E-state index in [4.69, 9.17) is 4.74 Å². The smallest absolute Gasteiger partial charge is 0.223 e. The molecule has 0 spiro atoms. The molecule has 0 bridgehead atoms. The van der Waals surface area contributed by atoms with E-state index in [0.717, 1.165) is 25.1 Å². The lowest BCUT2D eigenvalue weighted by Crippen LogP contribution is -2.26. The molecule has 2 N–H and O–H groups in total. The van der Waals surface area contributed by atoms with Crippen LogP contribution in [-0.2, 0) is 11.3 Å². The topological polar surface area (TPSA) is 50.4 Å². The highest BCUT2D eigenvalue weighted by Gasteiger charge is 2.22. The van der Waals surface area contributed by atoms with Gasteiger partial charge < -0.3 is 15.4 Å². The van der Waals surface area contributed by atoms with Crippen LogP contribution in [0.5, 0.6) is 5.75 Å². The second kappa shape index (κ2) is 7.29. The molecule has 0 aromatic heterocycles. The summed E-state index contributed by atoms with van der Waals surface area (Å²) in [7, 11) is 0. The SMILES string of the molecule is CC(C)NCc1cccc(OCCC(=O)NC2CC2)c1. The van der Waals surface area contributed by atoms with Crippen molar-refractivity contribution >= 4 is 5.91 Å². The van der Waals surface area contributed by atoms with Crippen molar-refractivity contribution < 1.29 is 9.53 Å². The van der Waals surface area contributed by atoms with Gasteiger partial charge in [0.05, 0.1) is 13.0 Å². The molecule has 1 fully saturated rings. The first kappa shape index (κ1) is 14.9. The van der Waals surface area contributed by atoms with E-state index in [1.54, 1.807) is 0 Å². The number of rotatable bonds is 8. The van der Waals surface area contributed by atoms with E-state index in [-0.39, 0.29) is 5.91 Å². The van der Waals surface area contributed by atoms with Gasteiger partial charge in [-0.05, 0) is 30.5 Å². The van der Waals surface area contributed by atoms with Crippen molar-refractivity contribution in [3.8, 4) is 5.75 Å². The van der Waals surface area contributed by atoms with E-state index in [9.17, 15) is 4.79 Å². The van der Waals surface area contributed by atoms with Gasteiger partial charge >= 0.3 is 0 Å². The summed E-state index contributed by atoms with van der Waals surface area (Å²) in [4.78, 5) is 11.5. The molecule has 1 aromatic rings. The molecule has 20 heavy (non-hydrogen) atoms. The fraction of sp³-hybridized carbons (Fsp3) is 0.562. The van der Waals surface area contributed by atoms with Gasteiger partial charge in [0.2, 0.25) is 5.91 Å². The van der Waals surface area contributed by atoms with Gasteiger partial charge in [0.1, 0.15) is 5.75 Å². The van der Waals surface area contributed by atoms with Crippen LogP contribution in [0.4, 0.5) is 0 Å². The minimum Gasteiger partial charge on any atom is -0.493 e. The highest BCUT2D eigenvalue weighted by Crippen LogP contribution is 2.18. The maximum Gasteiger partial charge on any atom is 0.223 e. The third kappa shape index (κ3) is 5.61. The van der Waals surface area contributed by atoms with Crippen LogP contribution in [0.2, 0.25) is 0 Å². The van der Waals surface area contributed by atoms with E-state index < -0.39 is 0 Å². The molecule has 0 unspecified atom stereocenters. The van der Waals surface area contributed by atoms with Crippen molar-refractivity contribution in [2.75, 3.05) is 6.61 Å². The maximum absolute atomic E-state index is 11.5. The average Bonchev–Trinajstić information content (AvgIpc) is 3.21. The molecule has 1 aliphatic carbocycles. The zero-order valence-electron chi connectivity index (χ0n) is 12.3. The van der Waals surface area contributed by atoms with Crippen molar-refractivity contribution in [1.82, 2.24) is 10.6 Å². The third-order valence-electron chi connectivity index (χ3n) is 3.15. The van der Waals surface area contributed by atoms with Crippen LogP contribution >= 0.6 is 0 Å². The van der Waals surface area contributed by atoms with Gasteiger partial charge in [0.15, 0.2) is 0 Å². The number of amides is 1. The molecule has 4 heteroatoms. The standard InChI is InChI=1S/C16H24N2O2/c1-12(2)17-11-13-4-3-5-15(10-13)20-9-8-16(19)18-14-6-7-14/h3-5,10,12,14,17H,6-9,11H2,1-2H3,(H,18,19). The maximum atomic E-state index is 11.5. The van der Waals surface area contributed by atoms with E-state index >= 15 is 0 Å². The summed E-state index contributed by atoms with van der Waals surface area (Å²) in [5, 5.41) is 6.33. The average molecular weight is 276 g/mol. The highest BCUT2D eigenvalue weighted by atomic mass is 16.5. The first-order valence-corrected chi connectivity index (χ1v) is 7.38. The molecule has 1 saturated carbocycles. The summed E-state index contributed by atoms with van der Waals surface area (Å²) in [6.45, 7) is 5.51. The van der Waals surface area contributed by atoms with Crippen molar-refractivity contribution in [3.05, 3.63) is 29.8 Å². The molecular formula is C16H24N2O2. The second-order valence-electron chi connectivity index (χ2n) is 5.62. The third-order valence-corrected chi connectivity index (χ3v) is 3.15. The largest absolute Gasteiger partial charge is 0.493 e. The molecule has 0 heterocycles. The number of nitrogens with one attached hydrogen (secondary N) is 2. The normalized spacial score (nSPS) is 14.3. The molecule has 4 nitrogen and oxygen atoms in total. The Hall–Kier alpha value is -1.55. The lowest BCUT2D eigenvalue weighted by Gasteiger charge is -2.10. The van der Waals surface area contributed by atoms with Crippen LogP contribution in [0.1, 0.15) is 38.7 Å². The molecule has 0 atom stereocenters. The van der Waals surface area contributed by atoms with Crippen molar-refractivity contribution in [2.45, 2.75) is 51.7 Å². The van der Waals surface area contributed by atoms with E-state index in [2.05, 4.69) is 30.5 Å². The van der Waals surface area contributed by atoms with Gasteiger partial charge in [-0.15, -0.1) is 0 Å². The highest BCUT2D eigenvalue weighted by molar-refractivity contribution is 5.76. The molecule has 1 aromatic carbocycles. The Labute approximate surface area is 120 Å². The summed E-state index contributed by atoms with van der Waals surface area (Å²) in [6, 6.07) is 8.89. The van der Waals surface area contributed by atoms with Crippen LogP contribution in [0.25, 0.3) is 0 Å². The predicted octanol–water partition coefficient (Wildman–Crippen LogP) is 2.23. The first-order valence-electron chi connectivity index (χ1n) is 7.38. The lowest BCUT2D eigenvalue weighted by atomic mass is 10.2. The molecule has 0 saturated heterocycles. The number of benzene rings is 1. The van der Waals surface area contributed by atoms with Crippen LogP contribution in [0.15, 0.2) is 24.3 Å². The van der Waals surface area contributed by atoms with Gasteiger partial charge in [-0.3, -0.25) is 4.79 Å². The summed E-state index contributed by atoms with van der Waals surface area (Å²) in [5.74, 6) is 0.914. The van der Waals surface area contributed by atoms with Crippen molar-refractivity contribution in [3.63, 3.8) is 0 Å². The van der Waals surface area contributed by atoms with Crippen molar-refractivity contribution in [2.24, 2.45) is 0 Å². The Morgan fingerprint density at radius 1 is 1.40 bits per heavy atom. The van der Waals surface area contributed by atoms with E-state index in [1.807, 2.05) is 18.2 Å². The first-order chi connectivity index (χ1) is 9.63. The number of hydrogen-bond acceptors (Lipinski definition) is 3. The molecule has 2 rings (SSSR count). The van der Waals surface area contributed by atoms with Crippen molar-refractivity contribution in [1.29, 1.82) is 0 Å². The van der Waals surface area contributed by atoms with Gasteiger partial charge in [-0.1, -0.05) is 26.0 Å². The summed E-state index contributed by atoms with van der Waals surface area (Å²) < 4.78 is 5.64. The summed E-state index contributed by atoms with van der Waals surface area (Å²) in [6.07, 6.45) is 2.67. The van der Waals surface area contributed by atoms with E-state index in [0.29, 0.717) is 25.1 Å². The Balaban J connectivity index is 1.71. The lowest BCUT2D eigenvalue weighted by molar-refractivity contribution is -0.121. The monoisotopic (exact) mass is 276 g/mol. The van der Waals surface area contributed by atoms with Gasteiger partial charge in [-0.25, -0.2) is 0 Å². The van der Waals surface area contributed by atoms with Crippen LogP contribution < -0.4 is 15.4 Å². The van der Waals surface area contributed by atoms with E-state index in [1.165, 1.54) is 5.56 Å². The number of hydrogen-bond donors (Lipinski definition) is 2. The number of carbonyl (C=O) groups is 1. The minimum atomic E-state index is 0.0881. The zero-order valence-corrected chi connectivity index (χ0v) is 12.3. The quantitative estimate of drug-likeness (QED) is 0.765. The molecule has 0 radical (unpaired) electrons. The molecule has 110 valence electrons. The Morgan fingerprint density at radius 2 is 2.20 bits per heavy atom. The fourth-order valence-electron chi connectivity index (χ4n) is 1.86. The Morgan fingerprint density at radius 3 is 2.90 bits per heavy atom. The molecule has 1 amide bonds. The molecular weight excluding hydrogens is 252 g/mol. The van der Waals surface area contributed by atoms with Gasteiger partial charge in [0.25, 0.3) is 0 Å². The van der Waals surface area contributed by atoms with Crippen LogP contribution in [0.3, 0.4) is 0 Å². The van der Waals surface area contributed by atoms with Crippen LogP contribution in [0, 0.1) is 0 Å². The fourth-order valence-corrected chi connectivity index (χ4v) is 1.86. The molecule has 0 aliphatic heterocycles. The van der Waals surface area contributed by atoms with Gasteiger partial charge in [-0.2, -0.15) is 0 Å². The van der Waals surface area contributed by atoms with Gasteiger partial charge in [0, 0.05) is 18.6 Å². The summed E-state index contributed by atoms with van der Waals surface area (Å²) in [5.41, 5.74) is 1.19. The zero-order chi connectivity index (χ0) is 14.4. The second-order valence-corrected chi connectivity index (χ2v) is 5.62. The minimum absolute atomic E-state index is 0.0881. The number of carbonyl (C=O) groups excluding carboxylic acids is 1. The van der Waals surface area contributed by atoms with Crippen LogP contribution in [-0.4, -0.2) is 24.6 Å². The molecule has 1 aliphatic rings. The Bertz CT molecular complexity index is 442. The number of ether oxygens (including phenoxy) is 1.